The highest BCUT2D eigenvalue weighted by atomic mass is 127. The van der Waals surface area contributed by atoms with E-state index in [1.54, 1.807) is 0 Å². The summed E-state index contributed by atoms with van der Waals surface area (Å²) in [5.74, 6) is -1.01. The molecule has 0 saturated heterocycles. The second kappa shape index (κ2) is 5.43. The fourth-order valence-electron chi connectivity index (χ4n) is 1.59. The van der Waals surface area contributed by atoms with Gasteiger partial charge in [0.15, 0.2) is 21.2 Å². The van der Waals surface area contributed by atoms with Gasteiger partial charge in [-0.15, -0.1) is 0 Å². The Bertz CT molecular complexity index is 637. The Morgan fingerprint density at radius 1 is 1.18 bits per heavy atom. The lowest BCUT2D eigenvalue weighted by Crippen LogP contribution is -2.04. The van der Waals surface area contributed by atoms with Crippen LogP contribution in [-0.4, -0.2) is 11.1 Å². The van der Waals surface area contributed by atoms with E-state index in [0.717, 1.165) is 14.3 Å². The van der Waals surface area contributed by atoms with Gasteiger partial charge in [-0.05, 0) is 68.1 Å². The van der Waals surface area contributed by atoms with Crippen molar-refractivity contribution in [1.29, 1.82) is 0 Å². The second-order valence-electron chi connectivity index (χ2n) is 3.26. The van der Waals surface area contributed by atoms with E-state index in [-0.39, 0.29) is 5.56 Å². The minimum absolute atomic E-state index is 0.183. The topological polar surface area (TPSA) is 54.4 Å². The maximum Gasteiger partial charge on any atom is 0.337 e. The van der Waals surface area contributed by atoms with Crippen LogP contribution in [0.4, 0.5) is 0 Å². The largest absolute Gasteiger partial charge is 0.478 e. The Hall–Kier alpha value is 0.160. The average molecular weight is 566 g/mol. The normalized spacial score (nSPS) is 10.7. The van der Waals surface area contributed by atoms with Gasteiger partial charge in [0.2, 0.25) is 0 Å². The van der Waals surface area contributed by atoms with Gasteiger partial charge in [-0.1, -0.05) is 12.1 Å². The molecule has 0 amide bonds. The van der Waals surface area contributed by atoms with Crippen molar-refractivity contribution in [2.45, 2.75) is 0 Å². The van der Waals surface area contributed by atoms with E-state index in [0.29, 0.717) is 7.14 Å². The van der Waals surface area contributed by atoms with E-state index in [1.165, 1.54) is 0 Å². The highest BCUT2D eigenvalue weighted by Crippen LogP contribution is 2.32. The number of fused-ring (bicyclic) bond motifs is 1. The van der Waals surface area contributed by atoms with Crippen LogP contribution in [0.15, 0.2) is 24.3 Å². The van der Waals surface area contributed by atoms with Crippen molar-refractivity contribution in [3.8, 4) is 0 Å². The predicted octanol–water partition coefficient (Wildman–Crippen LogP) is 4.23. The summed E-state index contributed by atoms with van der Waals surface area (Å²) >= 11 is 2.66. The van der Waals surface area contributed by atoms with Crippen LogP contribution in [0.3, 0.4) is 0 Å². The molecule has 0 bridgehead atoms. The van der Waals surface area contributed by atoms with E-state index in [9.17, 15) is 13.0 Å². The Balaban J connectivity index is 3.00. The molecular weight excluding hydrogens is 561 g/mol. The minimum atomic E-state index is -1.52. The molecule has 0 heterocycles. The smallest absolute Gasteiger partial charge is 0.337 e. The molecule has 0 saturated carbocycles. The fraction of sp³-hybridized carbons (Fsp3) is 0. The summed E-state index contributed by atoms with van der Waals surface area (Å²) in [6.07, 6.45) is 0. The Morgan fingerprint density at radius 3 is 2.47 bits per heavy atom. The summed E-state index contributed by atoms with van der Waals surface area (Å²) in [4.78, 5) is 11.2. The van der Waals surface area contributed by atoms with Crippen LogP contribution in [0.2, 0.25) is 0 Å². The third kappa shape index (κ3) is 2.48. The molecule has 0 spiro atoms. The monoisotopic (exact) mass is 566 g/mol. The molecule has 0 radical (unpaired) electrons. The number of hydrogen-bond acceptors (Lipinski definition) is 2. The first-order valence-electron chi connectivity index (χ1n) is 4.47. The molecule has 0 aromatic heterocycles. The van der Waals surface area contributed by atoms with Crippen LogP contribution in [0.1, 0.15) is 10.4 Å². The van der Waals surface area contributed by atoms with Crippen molar-refractivity contribution in [2.75, 3.05) is 0 Å². The molecule has 3 nitrogen and oxygen atoms in total. The SMILES string of the molecule is O=Ic1c(C(=O)O)c(I)cc2c(I)cccc12. The molecule has 2 aromatic rings. The number of benzene rings is 2. The Labute approximate surface area is 135 Å². The number of aromatic carboxylic acids is 1. The lowest BCUT2D eigenvalue weighted by Gasteiger charge is -2.08. The third-order valence-electron chi connectivity index (χ3n) is 2.31. The number of hydrogen-bond donors (Lipinski definition) is 1. The zero-order chi connectivity index (χ0) is 12.6. The molecule has 2 aromatic carbocycles. The maximum absolute atomic E-state index is 11.4. The molecule has 0 atom stereocenters. The molecule has 0 aliphatic rings. The van der Waals surface area contributed by atoms with Gasteiger partial charge in [-0.2, -0.15) is 0 Å². The zero-order valence-corrected chi connectivity index (χ0v) is 14.7. The molecular formula is C11H5I3O3. The molecule has 1 N–H and O–H groups in total. The van der Waals surface area contributed by atoms with Crippen LogP contribution in [0.25, 0.3) is 10.8 Å². The number of carboxylic acid groups (broad SMARTS) is 1. The van der Waals surface area contributed by atoms with Crippen molar-refractivity contribution in [3.05, 3.63) is 40.5 Å². The molecule has 6 heteroatoms. The summed E-state index contributed by atoms with van der Waals surface area (Å²) in [5, 5.41) is 10.9. The standard InChI is InChI=1S/C11H5I3O3/c12-7-3-1-2-5-6(7)4-8(13)9(11(15)16)10(5)14-17/h1-4H,(H,15,16). The number of rotatable bonds is 2. The fourth-order valence-corrected chi connectivity index (χ4v) is 5.02. The third-order valence-corrected chi connectivity index (χ3v) is 5.66. The quantitative estimate of drug-likeness (QED) is 0.555. The van der Waals surface area contributed by atoms with Gasteiger partial charge in [0.1, 0.15) is 0 Å². The summed E-state index contributed by atoms with van der Waals surface area (Å²) in [7, 11) is 0. The molecule has 0 aliphatic carbocycles. The van der Waals surface area contributed by atoms with Crippen molar-refractivity contribution in [3.63, 3.8) is 0 Å². The van der Waals surface area contributed by atoms with Gasteiger partial charge in [-0.25, -0.2) is 4.79 Å². The van der Waals surface area contributed by atoms with Crippen LogP contribution >= 0.6 is 66.4 Å². The highest BCUT2D eigenvalue weighted by Gasteiger charge is 2.18. The van der Waals surface area contributed by atoms with Crippen molar-refractivity contribution in [2.24, 2.45) is 0 Å². The van der Waals surface area contributed by atoms with Crippen LogP contribution in [-0.2, 0) is 3.07 Å². The van der Waals surface area contributed by atoms with E-state index < -0.39 is 27.2 Å². The van der Waals surface area contributed by atoms with Gasteiger partial charge in [-0.3, -0.25) is 3.07 Å². The molecule has 2 rings (SSSR count). The number of carbonyl (C=O) groups is 1. The first-order valence-corrected chi connectivity index (χ1v) is 8.59. The van der Waals surface area contributed by atoms with Gasteiger partial charge in [0.05, 0.1) is 9.13 Å². The van der Waals surface area contributed by atoms with Gasteiger partial charge < -0.3 is 5.11 Å². The summed E-state index contributed by atoms with van der Waals surface area (Å²) < 4.78 is 13.5. The maximum atomic E-state index is 11.4. The van der Waals surface area contributed by atoms with Gasteiger partial charge in [0.25, 0.3) is 0 Å². The van der Waals surface area contributed by atoms with E-state index in [2.05, 4.69) is 22.6 Å². The van der Waals surface area contributed by atoms with Crippen LogP contribution in [0, 0.1) is 10.7 Å². The summed E-state index contributed by atoms with van der Waals surface area (Å²) in [5.41, 5.74) is 0.183. The highest BCUT2D eigenvalue weighted by molar-refractivity contribution is 14.1. The van der Waals surface area contributed by atoms with E-state index in [4.69, 9.17) is 0 Å². The Morgan fingerprint density at radius 2 is 1.88 bits per heavy atom. The predicted molar refractivity (Wildman–Crippen MR) is 89.7 cm³/mol. The molecule has 17 heavy (non-hydrogen) atoms. The molecule has 0 aliphatic heterocycles. The number of carboxylic acids is 1. The second-order valence-corrected chi connectivity index (χ2v) is 7.11. The van der Waals surface area contributed by atoms with E-state index in [1.807, 2.05) is 46.9 Å². The molecule has 88 valence electrons. The van der Waals surface area contributed by atoms with Crippen LogP contribution < -0.4 is 0 Å². The van der Waals surface area contributed by atoms with Crippen molar-refractivity contribution >= 4 is 83.1 Å². The first kappa shape index (κ1) is 13.6. The zero-order valence-electron chi connectivity index (χ0n) is 8.21. The molecule has 0 unspecified atom stereocenters. The minimum Gasteiger partial charge on any atom is -0.478 e. The van der Waals surface area contributed by atoms with Crippen molar-refractivity contribution < 1.29 is 13.0 Å². The van der Waals surface area contributed by atoms with E-state index >= 15 is 0 Å². The number of halogens is 3. The lowest BCUT2D eigenvalue weighted by molar-refractivity contribution is 0.0694. The van der Waals surface area contributed by atoms with Crippen LogP contribution in [0.5, 0.6) is 0 Å². The first-order chi connectivity index (χ1) is 8.06. The molecule has 0 fully saturated rings. The summed E-state index contributed by atoms with van der Waals surface area (Å²) in [6, 6.07) is 7.47. The van der Waals surface area contributed by atoms with Gasteiger partial charge >= 0.3 is 5.97 Å². The Kier molecular flexibility index (Phi) is 4.34. The summed E-state index contributed by atoms with van der Waals surface area (Å²) in [6.45, 7) is 0. The van der Waals surface area contributed by atoms with Gasteiger partial charge in [0, 0.05) is 7.14 Å². The lowest BCUT2D eigenvalue weighted by atomic mass is 10.1. The van der Waals surface area contributed by atoms with Crippen molar-refractivity contribution in [1.82, 2.24) is 0 Å². The average Bonchev–Trinajstić information content (AvgIpc) is 2.28.